The van der Waals surface area contributed by atoms with Crippen molar-refractivity contribution >= 4 is 35.4 Å². The van der Waals surface area contributed by atoms with Gasteiger partial charge in [-0.3, -0.25) is 4.79 Å². The summed E-state index contributed by atoms with van der Waals surface area (Å²) in [6.45, 7) is 8.18. The second kappa shape index (κ2) is 10.3. The van der Waals surface area contributed by atoms with E-state index in [0.717, 1.165) is 39.6 Å². The maximum atomic E-state index is 12.7. The molecule has 1 atom stereocenters. The van der Waals surface area contributed by atoms with Crippen molar-refractivity contribution in [2.45, 2.75) is 33.2 Å². The summed E-state index contributed by atoms with van der Waals surface area (Å²) in [5.41, 5.74) is 6.07. The number of aromatic nitrogens is 1. The number of hydrogen-bond acceptors (Lipinski definition) is 6. The van der Waals surface area contributed by atoms with Crippen molar-refractivity contribution in [2.24, 2.45) is 0 Å². The molecule has 1 amide bonds. The number of thioether (sulfide) groups is 1. The zero-order valence-corrected chi connectivity index (χ0v) is 21.3. The Balaban J connectivity index is 1.55. The fraction of sp³-hybridized carbons (Fsp3) is 0.259. The average molecular weight is 492 g/mol. The van der Waals surface area contributed by atoms with Gasteiger partial charge in [-0.2, -0.15) is 0 Å². The molecule has 0 saturated carbocycles. The maximum absolute atomic E-state index is 12.7. The predicted octanol–water partition coefficient (Wildman–Crippen LogP) is 5.19. The molecule has 0 bridgehead atoms. The maximum Gasteiger partial charge on any atom is 0.338 e. The normalized spacial score (nSPS) is 16.3. The molecule has 4 rings (SSSR count). The molecule has 1 aliphatic heterocycles. The lowest BCUT2D eigenvalue weighted by Gasteiger charge is -2.16. The summed E-state index contributed by atoms with van der Waals surface area (Å²) in [6, 6.07) is 15.3. The van der Waals surface area contributed by atoms with Gasteiger partial charge in [0.2, 0.25) is 0 Å². The number of nitrogens with one attached hydrogen (secondary N) is 2. The standard InChI is InChI=1S/C27H29N3O4S/c1-6-34-26(32)19-8-10-21(11-9-19)30-17(3)14-20(18(30)4)15-24-25(31)29-27(35-24)28-22-13-16(2)7-12-23(22)33-5/h7-15,27-28H,6H2,1-5H3,(H,29,31)/b24-15-. The van der Waals surface area contributed by atoms with Crippen LogP contribution < -0.4 is 15.4 Å². The van der Waals surface area contributed by atoms with E-state index in [0.29, 0.717) is 17.1 Å². The van der Waals surface area contributed by atoms with Gasteiger partial charge >= 0.3 is 5.97 Å². The van der Waals surface area contributed by atoms with Crippen LogP contribution in [0.4, 0.5) is 5.69 Å². The molecule has 1 fully saturated rings. The third-order valence-corrected chi connectivity index (χ3v) is 6.79. The predicted molar refractivity (Wildman–Crippen MR) is 140 cm³/mol. The van der Waals surface area contributed by atoms with Crippen LogP contribution in [0.25, 0.3) is 11.8 Å². The second-order valence-electron chi connectivity index (χ2n) is 8.26. The fourth-order valence-electron chi connectivity index (χ4n) is 4.07. The van der Waals surface area contributed by atoms with Crippen molar-refractivity contribution in [3.63, 3.8) is 0 Å². The monoisotopic (exact) mass is 491 g/mol. The largest absolute Gasteiger partial charge is 0.495 e. The zero-order valence-electron chi connectivity index (χ0n) is 20.5. The van der Waals surface area contributed by atoms with E-state index in [9.17, 15) is 9.59 Å². The molecule has 182 valence electrons. The van der Waals surface area contributed by atoms with Gasteiger partial charge in [0.25, 0.3) is 5.91 Å². The van der Waals surface area contributed by atoms with Crippen molar-refractivity contribution in [3.05, 3.63) is 81.5 Å². The van der Waals surface area contributed by atoms with Gasteiger partial charge in [-0.25, -0.2) is 4.79 Å². The Morgan fingerprint density at radius 2 is 1.89 bits per heavy atom. The first kappa shape index (κ1) is 24.5. The lowest BCUT2D eigenvalue weighted by atomic mass is 10.2. The Kier molecular flexibility index (Phi) is 7.21. The number of ether oxygens (including phenoxy) is 2. The average Bonchev–Trinajstić information content (AvgIpc) is 3.31. The van der Waals surface area contributed by atoms with Crippen LogP contribution >= 0.6 is 11.8 Å². The highest BCUT2D eigenvalue weighted by Gasteiger charge is 2.28. The minimum Gasteiger partial charge on any atom is -0.495 e. The number of hydrogen-bond donors (Lipinski definition) is 2. The Morgan fingerprint density at radius 1 is 1.14 bits per heavy atom. The number of nitrogens with zero attached hydrogens (tertiary/aromatic N) is 1. The summed E-state index contributed by atoms with van der Waals surface area (Å²) in [5, 5.41) is 6.33. The highest BCUT2D eigenvalue weighted by molar-refractivity contribution is 8.05. The minimum atomic E-state index is -0.332. The summed E-state index contributed by atoms with van der Waals surface area (Å²) >= 11 is 1.44. The van der Waals surface area contributed by atoms with Crippen molar-refractivity contribution in [1.29, 1.82) is 0 Å². The molecule has 0 radical (unpaired) electrons. The summed E-state index contributed by atoms with van der Waals surface area (Å²) in [4.78, 5) is 25.3. The lowest BCUT2D eigenvalue weighted by molar-refractivity contribution is -0.116. The molecule has 2 heterocycles. The van der Waals surface area contributed by atoms with Crippen molar-refractivity contribution in [2.75, 3.05) is 19.0 Å². The van der Waals surface area contributed by atoms with Crippen LogP contribution in [0, 0.1) is 20.8 Å². The summed E-state index contributed by atoms with van der Waals surface area (Å²) < 4.78 is 12.6. The van der Waals surface area contributed by atoms with E-state index < -0.39 is 0 Å². The van der Waals surface area contributed by atoms with Gasteiger partial charge in [-0.05, 0) is 87.4 Å². The molecule has 0 spiro atoms. The van der Waals surface area contributed by atoms with Gasteiger partial charge in [0, 0.05) is 17.1 Å². The summed E-state index contributed by atoms with van der Waals surface area (Å²) in [6.07, 6.45) is 1.92. The number of carbonyl (C=O) groups excluding carboxylic acids is 2. The first-order valence-electron chi connectivity index (χ1n) is 11.4. The number of benzene rings is 2. The summed E-state index contributed by atoms with van der Waals surface area (Å²) in [5.74, 6) is 0.268. The lowest BCUT2D eigenvalue weighted by Crippen LogP contribution is -2.31. The number of esters is 1. The van der Waals surface area contributed by atoms with E-state index >= 15 is 0 Å². The SMILES string of the molecule is CCOC(=O)c1ccc(-n2c(C)cc(/C=C3\SC(Nc4cc(C)ccc4OC)NC3=O)c2C)cc1. The third-order valence-electron chi connectivity index (χ3n) is 5.77. The Bertz CT molecular complexity index is 1290. The smallest absolute Gasteiger partial charge is 0.338 e. The van der Waals surface area contributed by atoms with Crippen LogP contribution in [-0.4, -0.2) is 35.7 Å². The summed E-state index contributed by atoms with van der Waals surface area (Å²) in [7, 11) is 1.63. The van der Waals surface area contributed by atoms with Crippen LogP contribution in [0.3, 0.4) is 0 Å². The molecule has 1 saturated heterocycles. The molecule has 0 aliphatic carbocycles. The van der Waals surface area contributed by atoms with Gasteiger partial charge in [-0.15, -0.1) is 0 Å². The van der Waals surface area contributed by atoms with E-state index in [1.165, 1.54) is 11.8 Å². The van der Waals surface area contributed by atoms with Crippen LogP contribution in [0.1, 0.15) is 39.8 Å². The zero-order chi connectivity index (χ0) is 25.1. The van der Waals surface area contributed by atoms with Gasteiger partial charge in [0.1, 0.15) is 5.75 Å². The highest BCUT2D eigenvalue weighted by atomic mass is 32.2. The Labute approximate surface area is 209 Å². The van der Waals surface area contributed by atoms with E-state index in [2.05, 4.69) is 21.3 Å². The number of methoxy groups -OCH3 is 1. The van der Waals surface area contributed by atoms with Crippen molar-refractivity contribution in [3.8, 4) is 11.4 Å². The Morgan fingerprint density at radius 3 is 2.57 bits per heavy atom. The third kappa shape index (κ3) is 5.22. The Hall–Kier alpha value is -3.65. The van der Waals surface area contributed by atoms with Gasteiger partial charge < -0.3 is 24.7 Å². The molecule has 8 heteroatoms. The molecular weight excluding hydrogens is 462 g/mol. The molecule has 3 aromatic rings. The van der Waals surface area contributed by atoms with Crippen LogP contribution in [0.15, 0.2) is 53.4 Å². The first-order chi connectivity index (χ1) is 16.8. The topological polar surface area (TPSA) is 81.6 Å². The molecule has 2 N–H and O–H groups in total. The van der Waals surface area contributed by atoms with Gasteiger partial charge in [0.15, 0.2) is 5.50 Å². The van der Waals surface area contributed by atoms with Crippen LogP contribution in [0.2, 0.25) is 0 Å². The molecular formula is C27H29N3O4S. The van der Waals surface area contributed by atoms with Crippen molar-refractivity contribution in [1.82, 2.24) is 9.88 Å². The van der Waals surface area contributed by atoms with E-state index in [4.69, 9.17) is 9.47 Å². The number of anilines is 1. The van der Waals surface area contributed by atoms with E-state index in [1.807, 2.05) is 57.2 Å². The number of rotatable bonds is 7. The number of aryl methyl sites for hydroxylation is 2. The fourth-order valence-corrected chi connectivity index (χ4v) is 5.04. The first-order valence-corrected chi connectivity index (χ1v) is 12.3. The van der Waals surface area contributed by atoms with Crippen molar-refractivity contribution < 1.29 is 19.1 Å². The molecule has 7 nitrogen and oxygen atoms in total. The highest BCUT2D eigenvalue weighted by Crippen LogP contribution is 2.34. The van der Waals surface area contributed by atoms with E-state index in [-0.39, 0.29) is 17.4 Å². The minimum absolute atomic E-state index is 0.122. The number of carbonyl (C=O) groups is 2. The molecule has 1 unspecified atom stereocenters. The van der Waals surface area contributed by atoms with Gasteiger partial charge in [-0.1, -0.05) is 17.8 Å². The molecule has 1 aromatic heterocycles. The van der Waals surface area contributed by atoms with Crippen LogP contribution in [0.5, 0.6) is 5.75 Å². The molecule has 35 heavy (non-hydrogen) atoms. The second-order valence-corrected chi connectivity index (χ2v) is 9.40. The van der Waals surface area contributed by atoms with Gasteiger partial charge in [0.05, 0.1) is 29.9 Å². The van der Waals surface area contributed by atoms with E-state index in [1.54, 1.807) is 26.2 Å². The molecule has 1 aliphatic rings. The van der Waals surface area contributed by atoms with Crippen LogP contribution in [-0.2, 0) is 9.53 Å². The molecule has 2 aromatic carbocycles. The number of amides is 1. The quantitative estimate of drug-likeness (QED) is 0.350.